The van der Waals surface area contributed by atoms with Crippen molar-refractivity contribution in [3.63, 3.8) is 0 Å². The molecule has 2 aromatic rings. The predicted octanol–water partition coefficient (Wildman–Crippen LogP) is 4.51. The fourth-order valence-electron chi connectivity index (χ4n) is 2.18. The summed E-state index contributed by atoms with van der Waals surface area (Å²) in [5, 5.41) is 4.35. The molecule has 20 heavy (non-hydrogen) atoms. The average Bonchev–Trinajstić information content (AvgIpc) is 2.41. The van der Waals surface area contributed by atoms with E-state index in [0.29, 0.717) is 17.0 Å². The summed E-state index contributed by atoms with van der Waals surface area (Å²) in [5.41, 5.74) is 1.79. The van der Waals surface area contributed by atoms with Crippen LogP contribution >= 0.6 is 23.2 Å². The maximum atomic E-state index is 13.8. The zero-order valence-electron chi connectivity index (χ0n) is 11.2. The van der Waals surface area contributed by atoms with Gasteiger partial charge in [0.2, 0.25) is 0 Å². The van der Waals surface area contributed by atoms with Gasteiger partial charge in [-0.15, -0.1) is 0 Å². The highest BCUT2D eigenvalue weighted by Gasteiger charge is 2.12. The van der Waals surface area contributed by atoms with E-state index >= 15 is 0 Å². The van der Waals surface area contributed by atoms with Crippen LogP contribution in [0.5, 0.6) is 0 Å². The van der Waals surface area contributed by atoms with Gasteiger partial charge in [-0.3, -0.25) is 0 Å². The first-order valence-corrected chi connectivity index (χ1v) is 7.19. The summed E-state index contributed by atoms with van der Waals surface area (Å²) < 4.78 is 13.8. The normalized spacial score (nSPS) is 12.4. The van der Waals surface area contributed by atoms with Crippen LogP contribution in [0.3, 0.4) is 0 Å². The van der Waals surface area contributed by atoms with Gasteiger partial charge < -0.3 is 5.32 Å². The third-order valence-corrected chi connectivity index (χ3v) is 3.73. The van der Waals surface area contributed by atoms with E-state index in [1.807, 2.05) is 31.3 Å². The van der Waals surface area contributed by atoms with Gasteiger partial charge in [0.05, 0.1) is 0 Å². The Morgan fingerprint density at radius 3 is 2.45 bits per heavy atom. The zero-order chi connectivity index (χ0) is 14.5. The van der Waals surface area contributed by atoms with E-state index < -0.39 is 0 Å². The summed E-state index contributed by atoms with van der Waals surface area (Å²) >= 11 is 11.7. The quantitative estimate of drug-likeness (QED) is 0.857. The van der Waals surface area contributed by atoms with Crippen LogP contribution in [-0.2, 0) is 12.8 Å². The van der Waals surface area contributed by atoms with Crippen molar-refractivity contribution in [1.29, 1.82) is 0 Å². The van der Waals surface area contributed by atoms with Crippen LogP contribution in [0.2, 0.25) is 10.0 Å². The van der Waals surface area contributed by atoms with E-state index in [0.717, 1.165) is 17.0 Å². The molecule has 0 saturated carbocycles. The van der Waals surface area contributed by atoms with E-state index in [4.69, 9.17) is 23.2 Å². The standard InChI is InChI=1S/C16H16Cl2FN/c1-20-15(8-11-3-2-4-13(17)7-11)9-12-5-6-14(18)10-16(12)19/h2-7,10,15,20H,8-9H2,1H3. The van der Waals surface area contributed by atoms with Crippen LogP contribution < -0.4 is 5.32 Å². The van der Waals surface area contributed by atoms with E-state index in [9.17, 15) is 4.39 Å². The molecule has 0 aliphatic carbocycles. The topological polar surface area (TPSA) is 12.0 Å². The van der Waals surface area contributed by atoms with Gasteiger partial charge in [0.25, 0.3) is 0 Å². The van der Waals surface area contributed by atoms with E-state index in [-0.39, 0.29) is 11.9 Å². The van der Waals surface area contributed by atoms with Crippen LogP contribution in [0.4, 0.5) is 4.39 Å². The van der Waals surface area contributed by atoms with E-state index in [2.05, 4.69) is 5.32 Å². The van der Waals surface area contributed by atoms with Gasteiger partial charge in [-0.25, -0.2) is 4.39 Å². The first kappa shape index (κ1) is 15.3. The molecular weight excluding hydrogens is 296 g/mol. The molecule has 0 fully saturated rings. The highest BCUT2D eigenvalue weighted by molar-refractivity contribution is 6.30. The van der Waals surface area contributed by atoms with Crippen molar-refractivity contribution in [1.82, 2.24) is 5.32 Å². The Morgan fingerprint density at radius 1 is 1.05 bits per heavy atom. The van der Waals surface area contributed by atoms with Crippen molar-refractivity contribution < 1.29 is 4.39 Å². The molecule has 0 heterocycles. The summed E-state index contributed by atoms with van der Waals surface area (Å²) in [6, 6.07) is 12.7. The van der Waals surface area contributed by atoms with Gasteiger partial charge in [0.15, 0.2) is 0 Å². The minimum atomic E-state index is -0.260. The fraction of sp³-hybridized carbons (Fsp3) is 0.250. The molecule has 0 aromatic heterocycles. The highest BCUT2D eigenvalue weighted by Crippen LogP contribution is 2.18. The maximum Gasteiger partial charge on any atom is 0.127 e. The Hall–Kier alpha value is -1.09. The maximum absolute atomic E-state index is 13.8. The molecule has 1 atom stereocenters. The second-order valence-corrected chi connectivity index (χ2v) is 5.63. The van der Waals surface area contributed by atoms with Crippen molar-refractivity contribution in [3.8, 4) is 0 Å². The van der Waals surface area contributed by atoms with E-state index in [1.54, 1.807) is 12.1 Å². The number of likely N-dealkylation sites (N-methyl/N-ethyl adjacent to an activating group) is 1. The first-order valence-electron chi connectivity index (χ1n) is 6.44. The molecule has 1 unspecified atom stereocenters. The number of hydrogen-bond acceptors (Lipinski definition) is 1. The monoisotopic (exact) mass is 311 g/mol. The first-order chi connectivity index (χ1) is 9.58. The Bertz CT molecular complexity index is 586. The molecule has 0 spiro atoms. The van der Waals surface area contributed by atoms with Crippen molar-refractivity contribution in [2.45, 2.75) is 18.9 Å². The van der Waals surface area contributed by atoms with Gasteiger partial charge in [0.1, 0.15) is 5.82 Å². The Kier molecular flexibility index (Phi) is 5.41. The van der Waals surface area contributed by atoms with Crippen molar-refractivity contribution in [3.05, 3.63) is 69.5 Å². The summed E-state index contributed by atoms with van der Waals surface area (Å²) in [5.74, 6) is -0.260. The van der Waals surface area contributed by atoms with Gasteiger partial charge in [-0.05, 0) is 55.3 Å². The molecule has 0 amide bonds. The third-order valence-electron chi connectivity index (χ3n) is 3.26. The predicted molar refractivity (Wildman–Crippen MR) is 83.1 cm³/mol. The molecule has 2 rings (SSSR count). The Balaban J connectivity index is 2.09. The van der Waals surface area contributed by atoms with Gasteiger partial charge >= 0.3 is 0 Å². The van der Waals surface area contributed by atoms with Crippen molar-refractivity contribution in [2.75, 3.05) is 7.05 Å². The van der Waals surface area contributed by atoms with E-state index in [1.165, 1.54) is 6.07 Å². The summed E-state index contributed by atoms with van der Waals surface area (Å²) in [6.07, 6.45) is 1.39. The number of rotatable bonds is 5. The van der Waals surface area contributed by atoms with Crippen LogP contribution in [0.1, 0.15) is 11.1 Å². The average molecular weight is 312 g/mol. The lowest BCUT2D eigenvalue weighted by Gasteiger charge is -2.17. The number of nitrogens with one attached hydrogen (secondary N) is 1. The molecule has 0 bridgehead atoms. The number of hydrogen-bond donors (Lipinski definition) is 1. The Morgan fingerprint density at radius 2 is 1.80 bits per heavy atom. The lowest BCUT2D eigenvalue weighted by Crippen LogP contribution is -2.30. The summed E-state index contributed by atoms with van der Waals surface area (Å²) in [6.45, 7) is 0. The van der Waals surface area contributed by atoms with Crippen LogP contribution in [0.15, 0.2) is 42.5 Å². The zero-order valence-corrected chi connectivity index (χ0v) is 12.7. The lowest BCUT2D eigenvalue weighted by atomic mass is 9.99. The van der Waals surface area contributed by atoms with Crippen molar-refractivity contribution in [2.24, 2.45) is 0 Å². The molecule has 0 aliphatic rings. The molecule has 1 nitrogen and oxygen atoms in total. The minimum absolute atomic E-state index is 0.143. The van der Waals surface area contributed by atoms with Gasteiger partial charge in [0, 0.05) is 16.1 Å². The number of benzene rings is 2. The molecule has 0 saturated heterocycles. The molecule has 0 radical (unpaired) electrons. The number of halogens is 3. The highest BCUT2D eigenvalue weighted by atomic mass is 35.5. The van der Waals surface area contributed by atoms with Crippen LogP contribution in [-0.4, -0.2) is 13.1 Å². The molecular formula is C16H16Cl2FN. The van der Waals surface area contributed by atoms with Crippen LogP contribution in [0, 0.1) is 5.82 Å². The largest absolute Gasteiger partial charge is 0.316 e. The summed E-state index contributed by atoms with van der Waals surface area (Å²) in [7, 11) is 1.88. The second-order valence-electron chi connectivity index (χ2n) is 4.76. The fourth-order valence-corrected chi connectivity index (χ4v) is 2.55. The molecule has 106 valence electrons. The van der Waals surface area contributed by atoms with Crippen LogP contribution in [0.25, 0.3) is 0 Å². The van der Waals surface area contributed by atoms with Gasteiger partial charge in [-0.1, -0.05) is 41.4 Å². The lowest BCUT2D eigenvalue weighted by molar-refractivity contribution is 0.532. The van der Waals surface area contributed by atoms with Crippen molar-refractivity contribution >= 4 is 23.2 Å². The molecule has 2 aromatic carbocycles. The third kappa shape index (κ3) is 4.20. The Labute approximate surface area is 128 Å². The molecule has 0 aliphatic heterocycles. The second kappa shape index (κ2) is 7.07. The SMILES string of the molecule is CNC(Cc1cccc(Cl)c1)Cc1ccc(Cl)cc1F. The summed E-state index contributed by atoms with van der Waals surface area (Å²) in [4.78, 5) is 0. The van der Waals surface area contributed by atoms with Gasteiger partial charge in [-0.2, -0.15) is 0 Å². The minimum Gasteiger partial charge on any atom is -0.316 e. The molecule has 4 heteroatoms. The molecule has 1 N–H and O–H groups in total. The smallest absolute Gasteiger partial charge is 0.127 e.